The average molecular weight is 349 g/mol. The van der Waals surface area contributed by atoms with Gasteiger partial charge in [0.1, 0.15) is 11.9 Å². The molecule has 1 aliphatic rings. The minimum atomic E-state index is -0.913. The first-order valence-corrected chi connectivity index (χ1v) is 8.55. The first-order valence-electron chi connectivity index (χ1n) is 8.55. The second-order valence-corrected chi connectivity index (χ2v) is 6.66. The van der Waals surface area contributed by atoms with Crippen LogP contribution in [0.15, 0.2) is 54.6 Å². The Kier molecular flexibility index (Phi) is 3.95. The molecule has 6 nitrogen and oxygen atoms in total. The standard InChI is InChI=1S/C20H19N3O3/c1-23-16-10-6-5-9-15(16)21-18(23)17(12-7-3-2-4-8-12)22-19(24)13-11-14(13)20(25)26/h2-10,13-14,17H,11H2,1H3,(H,22,24)(H,25,26)/t13-,14+,17+/m0/s1. The second-order valence-electron chi connectivity index (χ2n) is 6.66. The SMILES string of the molecule is Cn1c([C@H](NC(=O)[C@H]2C[C@H]2C(=O)O)c2ccccc2)nc2ccccc21. The summed E-state index contributed by atoms with van der Waals surface area (Å²) in [4.78, 5) is 28.4. The smallest absolute Gasteiger partial charge is 0.307 e. The first-order chi connectivity index (χ1) is 12.6. The predicted octanol–water partition coefficient (Wildman–Crippen LogP) is 2.50. The van der Waals surface area contributed by atoms with Gasteiger partial charge in [0, 0.05) is 7.05 Å². The Morgan fingerprint density at radius 3 is 2.46 bits per heavy atom. The van der Waals surface area contributed by atoms with Gasteiger partial charge in [0.15, 0.2) is 0 Å². The third kappa shape index (κ3) is 2.83. The highest BCUT2D eigenvalue weighted by atomic mass is 16.4. The zero-order valence-electron chi connectivity index (χ0n) is 14.3. The number of imidazole rings is 1. The van der Waals surface area contributed by atoms with Crippen LogP contribution in [0.1, 0.15) is 23.9 Å². The van der Waals surface area contributed by atoms with Crippen LogP contribution in [0, 0.1) is 11.8 Å². The fraction of sp³-hybridized carbons (Fsp3) is 0.250. The van der Waals surface area contributed by atoms with Crippen LogP contribution in [0.5, 0.6) is 0 Å². The summed E-state index contributed by atoms with van der Waals surface area (Å²) >= 11 is 0. The number of aryl methyl sites for hydroxylation is 1. The molecule has 6 heteroatoms. The lowest BCUT2D eigenvalue weighted by Crippen LogP contribution is -2.33. The first kappa shape index (κ1) is 16.3. The molecule has 1 heterocycles. The largest absolute Gasteiger partial charge is 0.481 e. The van der Waals surface area contributed by atoms with Crippen molar-refractivity contribution < 1.29 is 14.7 Å². The Morgan fingerprint density at radius 1 is 1.12 bits per heavy atom. The molecule has 0 aliphatic heterocycles. The number of carbonyl (C=O) groups is 2. The van der Waals surface area contributed by atoms with Crippen LogP contribution in [-0.4, -0.2) is 26.5 Å². The summed E-state index contributed by atoms with van der Waals surface area (Å²) in [7, 11) is 1.92. The molecule has 1 saturated carbocycles. The molecule has 0 unspecified atom stereocenters. The molecule has 4 rings (SSSR count). The van der Waals surface area contributed by atoms with E-state index in [2.05, 4.69) is 5.32 Å². The number of fused-ring (bicyclic) bond motifs is 1. The van der Waals surface area contributed by atoms with Gasteiger partial charge in [-0.2, -0.15) is 0 Å². The maximum Gasteiger partial charge on any atom is 0.307 e. The average Bonchev–Trinajstić information content (AvgIpc) is 3.40. The van der Waals surface area contributed by atoms with Gasteiger partial charge in [0.2, 0.25) is 5.91 Å². The Labute approximate surface area is 150 Å². The van der Waals surface area contributed by atoms with Crippen molar-refractivity contribution in [2.24, 2.45) is 18.9 Å². The molecule has 0 radical (unpaired) electrons. The fourth-order valence-corrected chi connectivity index (χ4v) is 3.37. The minimum Gasteiger partial charge on any atom is -0.481 e. The summed E-state index contributed by atoms with van der Waals surface area (Å²) in [6.45, 7) is 0. The van der Waals surface area contributed by atoms with E-state index < -0.39 is 23.8 Å². The normalized spacial score (nSPS) is 19.9. The van der Waals surface area contributed by atoms with Crippen LogP contribution < -0.4 is 5.32 Å². The number of hydrogen-bond donors (Lipinski definition) is 2. The van der Waals surface area contributed by atoms with E-state index in [1.165, 1.54) is 0 Å². The molecule has 3 aromatic rings. The van der Waals surface area contributed by atoms with E-state index in [1.807, 2.05) is 66.2 Å². The van der Waals surface area contributed by atoms with Crippen molar-refractivity contribution in [3.8, 4) is 0 Å². The van der Waals surface area contributed by atoms with Crippen LogP contribution >= 0.6 is 0 Å². The lowest BCUT2D eigenvalue weighted by atomic mass is 10.1. The van der Waals surface area contributed by atoms with Gasteiger partial charge in [-0.3, -0.25) is 9.59 Å². The molecule has 26 heavy (non-hydrogen) atoms. The quantitative estimate of drug-likeness (QED) is 0.741. The molecule has 1 fully saturated rings. The van der Waals surface area contributed by atoms with Crippen molar-refractivity contribution in [2.45, 2.75) is 12.5 Å². The lowest BCUT2D eigenvalue weighted by Gasteiger charge is -2.19. The number of aliphatic carboxylic acids is 1. The molecule has 0 saturated heterocycles. The number of carboxylic acids is 1. The van der Waals surface area contributed by atoms with Crippen molar-refractivity contribution in [1.82, 2.24) is 14.9 Å². The highest BCUT2D eigenvalue weighted by Crippen LogP contribution is 2.39. The molecule has 0 bridgehead atoms. The number of para-hydroxylation sites is 2. The third-order valence-electron chi connectivity index (χ3n) is 4.94. The summed E-state index contributed by atoms with van der Waals surface area (Å²) < 4.78 is 1.97. The lowest BCUT2D eigenvalue weighted by molar-refractivity contribution is -0.140. The second kappa shape index (κ2) is 6.29. The van der Waals surface area contributed by atoms with E-state index in [4.69, 9.17) is 10.1 Å². The topological polar surface area (TPSA) is 84.2 Å². The Bertz CT molecular complexity index is 980. The van der Waals surface area contributed by atoms with Gasteiger partial charge in [0.05, 0.1) is 22.9 Å². The molecule has 2 aromatic carbocycles. The van der Waals surface area contributed by atoms with Gasteiger partial charge in [-0.1, -0.05) is 42.5 Å². The maximum absolute atomic E-state index is 12.6. The molecule has 1 aromatic heterocycles. The van der Waals surface area contributed by atoms with Crippen molar-refractivity contribution in [2.75, 3.05) is 0 Å². The van der Waals surface area contributed by atoms with Crippen LogP contribution in [0.3, 0.4) is 0 Å². The molecular weight excluding hydrogens is 330 g/mol. The van der Waals surface area contributed by atoms with E-state index in [9.17, 15) is 9.59 Å². The fourth-order valence-electron chi connectivity index (χ4n) is 3.37. The van der Waals surface area contributed by atoms with E-state index in [0.29, 0.717) is 6.42 Å². The number of carbonyl (C=O) groups excluding carboxylic acids is 1. The summed E-state index contributed by atoms with van der Waals surface area (Å²) in [5.74, 6) is -1.47. The van der Waals surface area contributed by atoms with Crippen LogP contribution in [0.25, 0.3) is 11.0 Å². The molecular formula is C20H19N3O3. The van der Waals surface area contributed by atoms with Gasteiger partial charge in [0.25, 0.3) is 0 Å². The number of aromatic nitrogens is 2. The Morgan fingerprint density at radius 2 is 1.81 bits per heavy atom. The van der Waals surface area contributed by atoms with Crippen LogP contribution in [-0.2, 0) is 16.6 Å². The van der Waals surface area contributed by atoms with Crippen LogP contribution in [0.2, 0.25) is 0 Å². The predicted molar refractivity (Wildman–Crippen MR) is 96.4 cm³/mol. The Hall–Kier alpha value is -3.15. The molecule has 3 atom stereocenters. The van der Waals surface area contributed by atoms with E-state index in [-0.39, 0.29) is 5.91 Å². The Balaban J connectivity index is 1.70. The number of carboxylic acid groups (broad SMARTS) is 1. The van der Waals surface area contributed by atoms with E-state index in [0.717, 1.165) is 22.4 Å². The minimum absolute atomic E-state index is 0.238. The van der Waals surface area contributed by atoms with E-state index >= 15 is 0 Å². The highest BCUT2D eigenvalue weighted by molar-refractivity contribution is 5.90. The summed E-state index contributed by atoms with van der Waals surface area (Å²) in [6.07, 6.45) is 0.394. The monoisotopic (exact) mass is 349 g/mol. The van der Waals surface area contributed by atoms with Crippen LogP contribution in [0.4, 0.5) is 0 Å². The van der Waals surface area contributed by atoms with Crippen molar-refractivity contribution in [3.63, 3.8) is 0 Å². The van der Waals surface area contributed by atoms with Crippen molar-refractivity contribution in [3.05, 3.63) is 66.0 Å². The molecule has 2 N–H and O–H groups in total. The summed E-state index contributed by atoms with van der Waals surface area (Å²) in [5.41, 5.74) is 2.74. The van der Waals surface area contributed by atoms with Gasteiger partial charge in [-0.25, -0.2) is 4.98 Å². The molecule has 1 amide bonds. The zero-order valence-corrected chi connectivity index (χ0v) is 14.3. The number of amides is 1. The maximum atomic E-state index is 12.6. The zero-order chi connectivity index (χ0) is 18.3. The third-order valence-corrected chi connectivity index (χ3v) is 4.94. The summed E-state index contributed by atoms with van der Waals surface area (Å²) in [6, 6.07) is 17.0. The van der Waals surface area contributed by atoms with E-state index in [1.54, 1.807) is 0 Å². The number of benzene rings is 2. The van der Waals surface area contributed by atoms with Gasteiger partial charge < -0.3 is 15.0 Å². The van der Waals surface area contributed by atoms with Gasteiger partial charge in [-0.15, -0.1) is 0 Å². The number of hydrogen-bond acceptors (Lipinski definition) is 3. The highest BCUT2D eigenvalue weighted by Gasteiger charge is 2.48. The molecule has 132 valence electrons. The molecule has 0 spiro atoms. The molecule has 1 aliphatic carbocycles. The van der Waals surface area contributed by atoms with Gasteiger partial charge >= 0.3 is 5.97 Å². The van der Waals surface area contributed by atoms with Crippen molar-refractivity contribution >= 4 is 22.9 Å². The number of nitrogens with zero attached hydrogens (tertiary/aromatic N) is 2. The summed E-state index contributed by atoms with van der Waals surface area (Å²) in [5, 5.41) is 12.1. The van der Waals surface area contributed by atoms with Crippen molar-refractivity contribution in [1.29, 1.82) is 0 Å². The number of rotatable bonds is 5. The van der Waals surface area contributed by atoms with Gasteiger partial charge in [-0.05, 0) is 24.1 Å². The number of nitrogens with one attached hydrogen (secondary N) is 1.